The molecule has 0 bridgehead atoms. The van der Waals surface area contributed by atoms with E-state index in [4.69, 9.17) is 0 Å². The molecule has 51 heavy (non-hydrogen) atoms. The minimum atomic E-state index is -1.12. The van der Waals surface area contributed by atoms with Crippen molar-refractivity contribution < 1.29 is 20.1 Å². The van der Waals surface area contributed by atoms with Crippen molar-refractivity contribution in [3.63, 3.8) is 0 Å². The second kappa shape index (κ2) is 41.1. The monoisotopic (exact) mass is 716 g/mol. The summed E-state index contributed by atoms with van der Waals surface area (Å²) in [6.07, 6.45) is 52.9. The Morgan fingerprint density at radius 3 is 1.35 bits per heavy atom. The standard InChI is InChI=1S/C46H85NO4/c1-3-5-7-9-11-13-15-17-19-20-21-22-23-24-25-26-27-29-30-32-34-36-38-40-44(49)43(42-48)47-46(51)45(50)41-39-37-35-33-31-28-18-16-14-12-10-8-6-4-2/h12,14,16,18,30,32,38,40,43-45,48-50H,3-11,13,15,17,19-29,31,33-37,39,41-42H2,1-2H3,(H,47,51)/b14-12-,18-16-,32-30+,40-38+. The summed E-state index contributed by atoms with van der Waals surface area (Å²) in [5.74, 6) is -0.526. The van der Waals surface area contributed by atoms with Crippen LogP contribution in [-0.2, 0) is 4.79 Å². The van der Waals surface area contributed by atoms with E-state index in [2.05, 4.69) is 55.6 Å². The summed E-state index contributed by atoms with van der Waals surface area (Å²) >= 11 is 0. The van der Waals surface area contributed by atoms with Crippen LogP contribution >= 0.6 is 0 Å². The van der Waals surface area contributed by atoms with Crippen molar-refractivity contribution in [1.29, 1.82) is 0 Å². The number of aliphatic hydroxyl groups is 3. The first-order valence-corrected chi connectivity index (χ1v) is 22.0. The van der Waals surface area contributed by atoms with Gasteiger partial charge in [0.25, 0.3) is 0 Å². The highest BCUT2D eigenvalue weighted by molar-refractivity contribution is 5.80. The average Bonchev–Trinajstić information content (AvgIpc) is 3.13. The lowest BCUT2D eigenvalue weighted by atomic mass is 10.0. The number of amides is 1. The van der Waals surface area contributed by atoms with Crippen molar-refractivity contribution in [2.75, 3.05) is 6.61 Å². The molecule has 0 aromatic carbocycles. The first kappa shape index (κ1) is 49.3. The molecule has 0 aliphatic heterocycles. The molecule has 0 radical (unpaired) electrons. The molecule has 3 unspecified atom stereocenters. The van der Waals surface area contributed by atoms with E-state index in [-0.39, 0.29) is 6.61 Å². The van der Waals surface area contributed by atoms with Crippen LogP contribution in [-0.4, -0.2) is 46.1 Å². The molecular weight excluding hydrogens is 631 g/mol. The van der Waals surface area contributed by atoms with Crippen LogP contribution < -0.4 is 5.32 Å². The molecule has 0 saturated carbocycles. The third-order valence-electron chi connectivity index (χ3n) is 9.92. The van der Waals surface area contributed by atoms with Gasteiger partial charge in [-0.1, -0.05) is 204 Å². The maximum absolute atomic E-state index is 12.4. The number of allylic oxidation sites excluding steroid dienone is 7. The number of nitrogens with one attached hydrogen (secondary N) is 1. The van der Waals surface area contributed by atoms with E-state index in [0.29, 0.717) is 6.42 Å². The maximum Gasteiger partial charge on any atom is 0.249 e. The molecular formula is C46H85NO4. The zero-order valence-corrected chi connectivity index (χ0v) is 33.7. The van der Waals surface area contributed by atoms with Crippen LogP contribution in [0.4, 0.5) is 0 Å². The maximum atomic E-state index is 12.4. The molecule has 0 fully saturated rings. The van der Waals surface area contributed by atoms with Crippen molar-refractivity contribution in [2.45, 2.75) is 231 Å². The molecule has 5 nitrogen and oxygen atoms in total. The number of hydrogen-bond donors (Lipinski definition) is 4. The van der Waals surface area contributed by atoms with Crippen molar-refractivity contribution >= 4 is 5.91 Å². The van der Waals surface area contributed by atoms with Crippen LogP contribution in [0.5, 0.6) is 0 Å². The Kier molecular flexibility index (Phi) is 39.7. The summed E-state index contributed by atoms with van der Waals surface area (Å²) in [5.41, 5.74) is 0. The van der Waals surface area contributed by atoms with Crippen molar-refractivity contribution in [3.8, 4) is 0 Å². The van der Waals surface area contributed by atoms with Crippen LogP contribution in [0.1, 0.15) is 213 Å². The Balaban J connectivity index is 3.72. The van der Waals surface area contributed by atoms with Crippen LogP contribution in [0.3, 0.4) is 0 Å². The quantitative estimate of drug-likeness (QED) is 0.0290. The van der Waals surface area contributed by atoms with Gasteiger partial charge in [0.15, 0.2) is 0 Å². The lowest BCUT2D eigenvalue weighted by molar-refractivity contribution is -0.131. The minimum absolute atomic E-state index is 0.383. The molecule has 0 saturated heterocycles. The number of rotatable bonds is 39. The van der Waals surface area contributed by atoms with Gasteiger partial charge in [0.05, 0.1) is 18.8 Å². The summed E-state index contributed by atoms with van der Waals surface area (Å²) < 4.78 is 0. The van der Waals surface area contributed by atoms with E-state index in [1.54, 1.807) is 6.08 Å². The second-order valence-corrected chi connectivity index (χ2v) is 14.9. The third-order valence-corrected chi connectivity index (χ3v) is 9.92. The van der Waals surface area contributed by atoms with E-state index in [0.717, 1.165) is 64.2 Å². The Morgan fingerprint density at radius 1 is 0.490 bits per heavy atom. The van der Waals surface area contributed by atoms with Crippen LogP contribution in [0.15, 0.2) is 48.6 Å². The SMILES string of the molecule is CCCCC/C=C\C=C/CCCCCCCC(O)C(=O)NC(CO)C(O)/C=C/CC/C=C/CCCCCCCCCCCCCCCCCCC. The van der Waals surface area contributed by atoms with Gasteiger partial charge in [-0.15, -0.1) is 0 Å². The first-order chi connectivity index (χ1) is 25.1. The zero-order valence-electron chi connectivity index (χ0n) is 33.7. The number of carbonyl (C=O) groups is 1. The molecule has 0 heterocycles. The Labute approximate surface area is 316 Å². The summed E-state index contributed by atoms with van der Waals surface area (Å²) in [6.45, 7) is 4.13. The van der Waals surface area contributed by atoms with Crippen LogP contribution in [0, 0.1) is 0 Å². The zero-order chi connectivity index (χ0) is 37.3. The van der Waals surface area contributed by atoms with Gasteiger partial charge in [-0.2, -0.15) is 0 Å². The number of unbranched alkanes of at least 4 members (excludes halogenated alkanes) is 26. The molecule has 4 N–H and O–H groups in total. The normalized spacial score (nSPS) is 14.1. The fourth-order valence-corrected chi connectivity index (χ4v) is 6.43. The van der Waals surface area contributed by atoms with E-state index < -0.39 is 24.2 Å². The van der Waals surface area contributed by atoms with Crippen molar-refractivity contribution in [2.24, 2.45) is 0 Å². The molecule has 1 amide bonds. The summed E-state index contributed by atoms with van der Waals surface area (Å²) in [6, 6.07) is -0.821. The topological polar surface area (TPSA) is 89.8 Å². The van der Waals surface area contributed by atoms with Gasteiger partial charge in [0, 0.05) is 0 Å². The van der Waals surface area contributed by atoms with Gasteiger partial charge in [-0.05, 0) is 57.8 Å². The number of hydrogen-bond acceptors (Lipinski definition) is 4. The summed E-state index contributed by atoms with van der Waals surface area (Å²) in [5, 5.41) is 33.1. The predicted octanol–water partition coefficient (Wildman–Crippen LogP) is 12.5. The molecule has 0 aliphatic rings. The Morgan fingerprint density at radius 2 is 0.863 bits per heavy atom. The van der Waals surface area contributed by atoms with Gasteiger partial charge in [-0.3, -0.25) is 4.79 Å². The van der Waals surface area contributed by atoms with Crippen molar-refractivity contribution in [1.82, 2.24) is 5.32 Å². The molecule has 0 aromatic heterocycles. The average molecular weight is 716 g/mol. The summed E-state index contributed by atoms with van der Waals surface area (Å²) in [4.78, 5) is 12.4. The van der Waals surface area contributed by atoms with E-state index in [1.165, 1.54) is 128 Å². The van der Waals surface area contributed by atoms with Crippen LogP contribution in [0.25, 0.3) is 0 Å². The fourth-order valence-electron chi connectivity index (χ4n) is 6.43. The molecule has 0 aromatic rings. The molecule has 3 atom stereocenters. The first-order valence-electron chi connectivity index (χ1n) is 22.0. The smallest absolute Gasteiger partial charge is 0.249 e. The highest BCUT2D eigenvalue weighted by Gasteiger charge is 2.22. The molecule has 0 rings (SSSR count). The lowest BCUT2D eigenvalue weighted by Crippen LogP contribution is -2.48. The fraction of sp³-hybridized carbons (Fsp3) is 0.804. The summed E-state index contributed by atoms with van der Waals surface area (Å²) in [7, 11) is 0. The third kappa shape index (κ3) is 36.5. The predicted molar refractivity (Wildman–Crippen MR) is 222 cm³/mol. The largest absolute Gasteiger partial charge is 0.394 e. The van der Waals surface area contributed by atoms with Crippen LogP contribution in [0.2, 0.25) is 0 Å². The Bertz CT molecular complexity index is 835. The Hall–Kier alpha value is -1.69. The minimum Gasteiger partial charge on any atom is -0.394 e. The second-order valence-electron chi connectivity index (χ2n) is 14.9. The van der Waals surface area contributed by atoms with E-state index in [1.807, 2.05) is 6.08 Å². The van der Waals surface area contributed by atoms with Crippen molar-refractivity contribution in [3.05, 3.63) is 48.6 Å². The van der Waals surface area contributed by atoms with Gasteiger partial charge in [0.1, 0.15) is 6.10 Å². The molecule has 0 spiro atoms. The van der Waals surface area contributed by atoms with Gasteiger partial charge in [-0.25, -0.2) is 0 Å². The highest BCUT2D eigenvalue weighted by Crippen LogP contribution is 2.15. The van der Waals surface area contributed by atoms with E-state index >= 15 is 0 Å². The number of carbonyl (C=O) groups excluding carboxylic acids is 1. The lowest BCUT2D eigenvalue weighted by Gasteiger charge is -2.21. The molecule has 5 heteroatoms. The van der Waals surface area contributed by atoms with Gasteiger partial charge < -0.3 is 20.6 Å². The molecule has 0 aliphatic carbocycles. The number of aliphatic hydroxyl groups excluding tert-OH is 3. The van der Waals surface area contributed by atoms with Gasteiger partial charge >= 0.3 is 0 Å². The molecule has 298 valence electrons. The van der Waals surface area contributed by atoms with Gasteiger partial charge in [0.2, 0.25) is 5.91 Å². The highest BCUT2D eigenvalue weighted by atomic mass is 16.3. The van der Waals surface area contributed by atoms with E-state index in [9.17, 15) is 20.1 Å².